The number of halogens is 3. The van der Waals surface area contributed by atoms with Gasteiger partial charge in [0.1, 0.15) is 7.85 Å². The van der Waals surface area contributed by atoms with Crippen LogP contribution in [0.5, 0.6) is 0 Å². The Balaban J connectivity index is 2.21. The molecule has 5 nitrogen and oxygen atoms in total. The molecule has 0 atom stereocenters. The van der Waals surface area contributed by atoms with E-state index in [4.69, 9.17) is 13.0 Å². The molecule has 1 aromatic carbocycles. The van der Waals surface area contributed by atoms with Gasteiger partial charge in [-0.1, -0.05) is 0 Å². The highest BCUT2D eigenvalue weighted by atomic mass is 19.4. The average molecular weight is 320 g/mol. The van der Waals surface area contributed by atoms with Crippen LogP contribution in [0.1, 0.15) is 12.0 Å². The average Bonchev–Trinajstić information content (AvgIpc) is 2.88. The van der Waals surface area contributed by atoms with E-state index in [-0.39, 0.29) is 12.1 Å². The molecule has 0 amide bonds. The zero-order valence-electron chi connectivity index (χ0n) is 11.9. The number of nitrogens with one attached hydrogen (secondary N) is 1. The van der Waals surface area contributed by atoms with Crippen molar-refractivity contribution in [2.24, 2.45) is 0 Å². The fourth-order valence-electron chi connectivity index (χ4n) is 2.34. The Morgan fingerprint density at radius 1 is 1.30 bits per heavy atom. The molecule has 23 heavy (non-hydrogen) atoms. The predicted molar refractivity (Wildman–Crippen MR) is 81.1 cm³/mol. The van der Waals surface area contributed by atoms with Crippen molar-refractivity contribution in [1.29, 1.82) is 0 Å². The van der Waals surface area contributed by atoms with Crippen LogP contribution in [0, 0.1) is 0 Å². The largest absolute Gasteiger partial charge is 0.416 e. The normalized spacial score (nSPS) is 12.2. The van der Waals surface area contributed by atoms with Crippen LogP contribution < -0.4 is 10.9 Å². The summed E-state index contributed by atoms with van der Waals surface area (Å²) >= 11 is 0. The van der Waals surface area contributed by atoms with E-state index in [0.29, 0.717) is 35.5 Å². The van der Waals surface area contributed by atoms with Gasteiger partial charge in [0.05, 0.1) is 16.6 Å². The van der Waals surface area contributed by atoms with Crippen molar-refractivity contribution in [1.82, 2.24) is 14.4 Å². The van der Waals surface area contributed by atoms with E-state index >= 15 is 0 Å². The van der Waals surface area contributed by atoms with Crippen molar-refractivity contribution in [2.45, 2.75) is 12.6 Å². The lowest BCUT2D eigenvalue weighted by atomic mass is 10.1. The van der Waals surface area contributed by atoms with Gasteiger partial charge in [0.2, 0.25) is 0 Å². The van der Waals surface area contributed by atoms with Crippen molar-refractivity contribution in [2.75, 3.05) is 18.5 Å². The van der Waals surface area contributed by atoms with Crippen molar-refractivity contribution in [3.63, 3.8) is 0 Å². The first-order chi connectivity index (χ1) is 10.9. The van der Waals surface area contributed by atoms with Crippen LogP contribution in [-0.2, 0) is 6.18 Å². The SMILES string of the molecule is [B]c1cnc2c(NCCCO)nc3cc(C(F)(F)F)ccc3n12. The van der Waals surface area contributed by atoms with Gasteiger partial charge in [0.25, 0.3) is 0 Å². The lowest BCUT2D eigenvalue weighted by Crippen LogP contribution is -2.14. The van der Waals surface area contributed by atoms with Crippen LogP contribution in [-0.4, -0.2) is 40.5 Å². The Labute approximate surface area is 130 Å². The molecule has 0 unspecified atom stereocenters. The van der Waals surface area contributed by atoms with E-state index in [0.717, 1.165) is 12.1 Å². The van der Waals surface area contributed by atoms with Crippen LogP contribution in [0.4, 0.5) is 19.0 Å². The van der Waals surface area contributed by atoms with Crippen molar-refractivity contribution < 1.29 is 18.3 Å². The second-order valence-corrected chi connectivity index (χ2v) is 5.01. The molecule has 118 valence electrons. The topological polar surface area (TPSA) is 62.5 Å². The van der Waals surface area contributed by atoms with Crippen molar-refractivity contribution >= 4 is 35.9 Å². The Bertz CT molecular complexity index is 862. The summed E-state index contributed by atoms with van der Waals surface area (Å²) in [6.45, 7) is 0.405. The number of nitrogens with zero attached hydrogens (tertiary/aromatic N) is 3. The molecule has 2 N–H and O–H groups in total. The molecule has 2 heterocycles. The molecule has 3 rings (SSSR count). The number of fused-ring (bicyclic) bond motifs is 3. The van der Waals surface area contributed by atoms with Gasteiger partial charge < -0.3 is 14.8 Å². The number of hydrogen-bond acceptors (Lipinski definition) is 4. The maximum atomic E-state index is 12.9. The molecule has 0 bridgehead atoms. The summed E-state index contributed by atoms with van der Waals surface area (Å²) in [7, 11) is 5.87. The minimum atomic E-state index is -4.45. The first kappa shape index (κ1) is 15.6. The molecule has 3 aromatic rings. The molecule has 0 aliphatic carbocycles. The van der Waals surface area contributed by atoms with Crippen molar-refractivity contribution in [3.8, 4) is 0 Å². The molecule has 9 heteroatoms. The number of benzene rings is 1. The fourth-order valence-corrected chi connectivity index (χ4v) is 2.34. The minimum Gasteiger partial charge on any atom is -0.396 e. The highest BCUT2D eigenvalue weighted by Crippen LogP contribution is 2.31. The van der Waals surface area contributed by atoms with Crippen LogP contribution in [0.2, 0.25) is 0 Å². The predicted octanol–water partition coefficient (Wildman–Crippen LogP) is 1.49. The van der Waals surface area contributed by atoms with Gasteiger partial charge in [-0.3, -0.25) is 0 Å². The molecule has 2 radical (unpaired) electrons. The van der Waals surface area contributed by atoms with Crippen LogP contribution >= 0.6 is 0 Å². The summed E-state index contributed by atoms with van der Waals surface area (Å²) in [5.74, 6) is 0.321. The van der Waals surface area contributed by atoms with E-state index in [9.17, 15) is 13.2 Å². The summed E-state index contributed by atoms with van der Waals surface area (Å²) in [5, 5.41) is 11.8. The van der Waals surface area contributed by atoms with E-state index in [1.807, 2.05) is 0 Å². The summed E-state index contributed by atoms with van der Waals surface area (Å²) in [6.07, 6.45) is -2.55. The van der Waals surface area contributed by atoms with E-state index < -0.39 is 11.7 Å². The van der Waals surface area contributed by atoms with E-state index in [1.165, 1.54) is 12.3 Å². The summed E-state index contributed by atoms with van der Waals surface area (Å²) in [5.41, 5.74) is 0.543. The number of aliphatic hydroxyl groups excluding tert-OH is 1. The maximum Gasteiger partial charge on any atom is 0.416 e. The first-order valence-corrected chi connectivity index (χ1v) is 6.90. The Morgan fingerprint density at radius 3 is 2.78 bits per heavy atom. The molecule has 0 saturated heterocycles. The van der Waals surface area contributed by atoms with Gasteiger partial charge in [-0.05, 0) is 30.2 Å². The minimum absolute atomic E-state index is 0.00827. The summed E-state index contributed by atoms with van der Waals surface area (Å²) < 4.78 is 40.2. The van der Waals surface area contributed by atoms with E-state index in [2.05, 4.69) is 15.3 Å². The van der Waals surface area contributed by atoms with Gasteiger partial charge >= 0.3 is 6.18 Å². The Morgan fingerprint density at radius 2 is 2.09 bits per heavy atom. The monoisotopic (exact) mass is 320 g/mol. The van der Waals surface area contributed by atoms with Gasteiger partial charge in [-0.15, -0.1) is 0 Å². The second kappa shape index (κ2) is 5.73. The van der Waals surface area contributed by atoms with Crippen LogP contribution in [0.3, 0.4) is 0 Å². The number of aromatic nitrogens is 3. The quantitative estimate of drug-likeness (QED) is 0.565. The third-order valence-corrected chi connectivity index (χ3v) is 3.40. The number of imidazole rings is 1. The standard InChI is InChI=1S/C14H12BF3N4O/c15-11-7-20-13-12(19-4-1-5-23)21-9-6-8(14(16,17)18)2-3-10(9)22(11)13/h2-3,6-7,23H,1,4-5H2,(H,19,21). The zero-order valence-corrected chi connectivity index (χ0v) is 11.9. The molecule has 2 aromatic heterocycles. The highest BCUT2D eigenvalue weighted by Gasteiger charge is 2.31. The molecular weight excluding hydrogens is 308 g/mol. The van der Waals surface area contributed by atoms with Gasteiger partial charge in [0.15, 0.2) is 11.5 Å². The fraction of sp³-hybridized carbons (Fsp3) is 0.286. The smallest absolute Gasteiger partial charge is 0.396 e. The summed E-state index contributed by atoms with van der Waals surface area (Å²) in [6, 6.07) is 3.29. The molecule has 0 spiro atoms. The van der Waals surface area contributed by atoms with Crippen LogP contribution in [0.15, 0.2) is 24.4 Å². The van der Waals surface area contributed by atoms with Gasteiger partial charge in [-0.2, -0.15) is 13.2 Å². The molecule has 0 fully saturated rings. The number of rotatable bonds is 4. The summed E-state index contributed by atoms with van der Waals surface area (Å²) in [4.78, 5) is 8.38. The molecule has 0 aliphatic heterocycles. The maximum absolute atomic E-state index is 12.9. The number of hydrogen-bond donors (Lipinski definition) is 2. The Hall–Kier alpha value is -2.29. The van der Waals surface area contributed by atoms with Gasteiger partial charge in [-0.25, -0.2) is 9.97 Å². The highest BCUT2D eigenvalue weighted by molar-refractivity contribution is 6.31. The van der Waals surface area contributed by atoms with E-state index in [1.54, 1.807) is 4.40 Å². The first-order valence-electron chi connectivity index (χ1n) is 6.90. The second-order valence-electron chi connectivity index (χ2n) is 5.01. The lowest BCUT2D eigenvalue weighted by Gasteiger charge is -2.12. The van der Waals surface area contributed by atoms with Gasteiger partial charge in [0, 0.05) is 19.3 Å². The van der Waals surface area contributed by atoms with Crippen molar-refractivity contribution in [3.05, 3.63) is 30.0 Å². The number of aliphatic hydroxyl groups is 1. The van der Waals surface area contributed by atoms with Crippen LogP contribution in [0.25, 0.3) is 16.7 Å². The number of alkyl halides is 3. The molecule has 0 aliphatic rings. The lowest BCUT2D eigenvalue weighted by molar-refractivity contribution is -0.137. The zero-order chi connectivity index (χ0) is 16.6. The molecule has 0 saturated carbocycles. The third kappa shape index (κ3) is 2.84. The Kier molecular flexibility index (Phi) is 3.89. The molecular formula is C14H12BF3N4O. The number of anilines is 1. The third-order valence-electron chi connectivity index (χ3n) is 3.40.